The van der Waals surface area contributed by atoms with Crippen LogP contribution < -0.4 is 0 Å². The van der Waals surface area contributed by atoms with E-state index >= 15 is 0 Å². The fraction of sp³-hybridized carbons (Fsp3) is 0.500. The van der Waals surface area contributed by atoms with E-state index in [0.717, 1.165) is 6.07 Å². The Hall–Kier alpha value is -1.17. The molecular weight excluding hydrogens is 285 g/mol. The Morgan fingerprint density at radius 1 is 1.50 bits per heavy atom. The lowest BCUT2D eigenvalue weighted by Crippen LogP contribution is -2.47. The van der Waals surface area contributed by atoms with Crippen LogP contribution in [0, 0.1) is 5.82 Å². The van der Waals surface area contributed by atoms with Crippen LogP contribution in [0.25, 0.3) is 0 Å². The molecule has 0 unspecified atom stereocenters. The minimum absolute atomic E-state index is 0.0874. The first-order chi connectivity index (χ1) is 9.41. The molecule has 1 aliphatic heterocycles. The SMILES string of the molecule is CN(CC1(O)CCOCC1)C(=O)c1cc(Cl)ccc1F. The van der Waals surface area contributed by atoms with Gasteiger partial charge in [-0.05, 0) is 18.2 Å². The van der Waals surface area contributed by atoms with Gasteiger partial charge in [0.05, 0.1) is 11.2 Å². The molecule has 1 aromatic rings. The van der Waals surface area contributed by atoms with Crippen molar-refractivity contribution >= 4 is 17.5 Å². The highest BCUT2D eigenvalue weighted by Gasteiger charge is 2.33. The molecule has 0 saturated carbocycles. The van der Waals surface area contributed by atoms with Crippen LogP contribution in [0.5, 0.6) is 0 Å². The van der Waals surface area contributed by atoms with Gasteiger partial charge in [-0.1, -0.05) is 11.6 Å². The number of carbonyl (C=O) groups is 1. The fourth-order valence-electron chi connectivity index (χ4n) is 2.29. The summed E-state index contributed by atoms with van der Waals surface area (Å²) in [5.41, 5.74) is -1.06. The molecule has 0 radical (unpaired) electrons. The van der Waals surface area contributed by atoms with Gasteiger partial charge in [0.2, 0.25) is 0 Å². The van der Waals surface area contributed by atoms with Crippen molar-refractivity contribution in [2.45, 2.75) is 18.4 Å². The van der Waals surface area contributed by atoms with Crippen LogP contribution in [0.4, 0.5) is 4.39 Å². The molecule has 6 heteroatoms. The van der Waals surface area contributed by atoms with E-state index in [4.69, 9.17) is 16.3 Å². The zero-order valence-electron chi connectivity index (χ0n) is 11.2. The number of likely N-dealkylation sites (N-methyl/N-ethyl adjacent to an activating group) is 1. The van der Waals surface area contributed by atoms with E-state index in [1.165, 1.54) is 24.1 Å². The molecule has 0 atom stereocenters. The number of aliphatic hydroxyl groups is 1. The van der Waals surface area contributed by atoms with Gasteiger partial charge in [0.25, 0.3) is 5.91 Å². The second-order valence-corrected chi connectivity index (χ2v) is 5.56. The fourth-order valence-corrected chi connectivity index (χ4v) is 2.46. The Labute approximate surface area is 122 Å². The average molecular weight is 302 g/mol. The maximum atomic E-state index is 13.7. The van der Waals surface area contributed by atoms with Crippen molar-refractivity contribution in [1.29, 1.82) is 0 Å². The molecule has 1 aliphatic rings. The molecule has 0 bridgehead atoms. The predicted octanol–water partition coefficient (Wildman–Crippen LogP) is 2.09. The van der Waals surface area contributed by atoms with E-state index < -0.39 is 17.3 Å². The quantitative estimate of drug-likeness (QED) is 0.930. The van der Waals surface area contributed by atoms with Crippen molar-refractivity contribution in [2.75, 3.05) is 26.8 Å². The Morgan fingerprint density at radius 3 is 2.80 bits per heavy atom. The maximum absolute atomic E-state index is 13.7. The van der Waals surface area contributed by atoms with Gasteiger partial charge in [-0.3, -0.25) is 4.79 Å². The minimum atomic E-state index is -0.974. The highest BCUT2D eigenvalue weighted by molar-refractivity contribution is 6.30. The maximum Gasteiger partial charge on any atom is 0.256 e. The van der Waals surface area contributed by atoms with E-state index in [0.29, 0.717) is 31.1 Å². The number of hydrogen-bond acceptors (Lipinski definition) is 3. The zero-order valence-corrected chi connectivity index (χ0v) is 12.0. The lowest BCUT2D eigenvalue weighted by atomic mass is 9.93. The van der Waals surface area contributed by atoms with E-state index in [1.54, 1.807) is 0 Å². The molecule has 0 aliphatic carbocycles. The molecule has 1 fully saturated rings. The lowest BCUT2D eigenvalue weighted by Gasteiger charge is -2.35. The first kappa shape index (κ1) is 15.2. The minimum Gasteiger partial charge on any atom is -0.388 e. The van der Waals surface area contributed by atoms with Crippen molar-refractivity contribution in [1.82, 2.24) is 4.90 Å². The third-order valence-electron chi connectivity index (χ3n) is 3.46. The summed E-state index contributed by atoms with van der Waals surface area (Å²) in [6.07, 6.45) is 0.922. The third-order valence-corrected chi connectivity index (χ3v) is 3.70. The van der Waals surface area contributed by atoms with Crippen LogP contribution in [-0.2, 0) is 4.74 Å². The monoisotopic (exact) mass is 301 g/mol. The number of rotatable bonds is 3. The van der Waals surface area contributed by atoms with Crippen LogP contribution in [0.15, 0.2) is 18.2 Å². The summed E-state index contributed by atoms with van der Waals surface area (Å²) in [4.78, 5) is 13.5. The Bertz CT molecular complexity index is 503. The summed E-state index contributed by atoms with van der Waals surface area (Å²) in [5.74, 6) is -1.12. The second kappa shape index (κ2) is 6.08. The normalized spacial score (nSPS) is 17.8. The van der Waals surface area contributed by atoms with Crippen molar-refractivity contribution in [3.05, 3.63) is 34.6 Å². The van der Waals surface area contributed by atoms with E-state index in [2.05, 4.69) is 0 Å². The van der Waals surface area contributed by atoms with Gasteiger partial charge in [-0.15, -0.1) is 0 Å². The van der Waals surface area contributed by atoms with Crippen molar-refractivity contribution < 1.29 is 19.0 Å². The third kappa shape index (κ3) is 3.48. The molecule has 1 heterocycles. The molecule has 1 saturated heterocycles. The Morgan fingerprint density at radius 2 is 2.15 bits per heavy atom. The summed E-state index contributed by atoms with van der Waals surface area (Å²) in [7, 11) is 1.54. The summed E-state index contributed by atoms with van der Waals surface area (Å²) in [6, 6.07) is 3.84. The Balaban J connectivity index is 2.10. The van der Waals surface area contributed by atoms with Gasteiger partial charge in [0, 0.05) is 44.7 Å². The van der Waals surface area contributed by atoms with Crippen LogP contribution in [0.1, 0.15) is 23.2 Å². The van der Waals surface area contributed by atoms with Crippen molar-refractivity contribution in [3.63, 3.8) is 0 Å². The van der Waals surface area contributed by atoms with Gasteiger partial charge in [0.1, 0.15) is 5.82 Å². The van der Waals surface area contributed by atoms with Crippen LogP contribution in [0.3, 0.4) is 0 Å². The number of carbonyl (C=O) groups excluding carboxylic acids is 1. The number of hydrogen-bond donors (Lipinski definition) is 1. The summed E-state index contributed by atoms with van der Waals surface area (Å²) in [6.45, 7) is 1.06. The molecule has 1 amide bonds. The summed E-state index contributed by atoms with van der Waals surface area (Å²) < 4.78 is 18.9. The molecule has 1 aromatic carbocycles. The number of benzene rings is 1. The first-order valence-corrected chi connectivity index (χ1v) is 6.80. The molecule has 1 N–H and O–H groups in total. The van der Waals surface area contributed by atoms with E-state index in [-0.39, 0.29) is 12.1 Å². The molecule has 0 aromatic heterocycles. The second-order valence-electron chi connectivity index (χ2n) is 5.12. The standard InChI is InChI=1S/C14H17ClFNO3/c1-17(9-14(19)4-6-20-7-5-14)13(18)11-8-10(15)2-3-12(11)16/h2-3,8,19H,4-7,9H2,1H3. The lowest BCUT2D eigenvalue weighted by molar-refractivity contribution is -0.0734. The number of halogens is 2. The van der Waals surface area contributed by atoms with E-state index in [9.17, 15) is 14.3 Å². The molecule has 20 heavy (non-hydrogen) atoms. The number of nitrogens with zero attached hydrogens (tertiary/aromatic N) is 1. The topological polar surface area (TPSA) is 49.8 Å². The molecule has 110 valence electrons. The van der Waals surface area contributed by atoms with Crippen molar-refractivity contribution in [3.8, 4) is 0 Å². The zero-order chi connectivity index (χ0) is 14.8. The smallest absolute Gasteiger partial charge is 0.256 e. The molecule has 4 nitrogen and oxygen atoms in total. The van der Waals surface area contributed by atoms with Gasteiger partial charge < -0.3 is 14.7 Å². The highest BCUT2D eigenvalue weighted by atomic mass is 35.5. The number of amides is 1. The summed E-state index contributed by atoms with van der Waals surface area (Å²) >= 11 is 5.78. The number of ether oxygens (including phenoxy) is 1. The summed E-state index contributed by atoms with van der Waals surface area (Å²) in [5, 5.41) is 10.7. The Kier molecular flexibility index (Phi) is 4.62. The van der Waals surface area contributed by atoms with Crippen LogP contribution in [-0.4, -0.2) is 48.3 Å². The molecule has 2 rings (SSSR count). The molecule has 0 spiro atoms. The van der Waals surface area contributed by atoms with Crippen molar-refractivity contribution in [2.24, 2.45) is 0 Å². The highest BCUT2D eigenvalue weighted by Crippen LogP contribution is 2.23. The van der Waals surface area contributed by atoms with Gasteiger partial charge in [-0.25, -0.2) is 4.39 Å². The average Bonchev–Trinajstić information content (AvgIpc) is 2.41. The van der Waals surface area contributed by atoms with Crippen LogP contribution >= 0.6 is 11.6 Å². The van der Waals surface area contributed by atoms with Crippen LogP contribution in [0.2, 0.25) is 5.02 Å². The van der Waals surface area contributed by atoms with Gasteiger partial charge >= 0.3 is 0 Å². The largest absolute Gasteiger partial charge is 0.388 e. The van der Waals surface area contributed by atoms with Gasteiger partial charge in [0.15, 0.2) is 0 Å². The van der Waals surface area contributed by atoms with Gasteiger partial charge in [-0.2, -0.15) is 0 Å². The van der Waals surface area contributed by atoms with E-state index in [1.807, 2.05) is 0 Å². The first-order valence-electron chi connectivity index (χ1n) is 6.42. The molecular formula is C14H17ClFNO3. The predicted molar refractivity (Wildman–Crippen MR) is 73.4 cm³/mol.